The van der Waals surface area contributed by atoms with Crippen LogP contribution in [-0.4, -0.2) is 10.9 Å². The van der Waals surface area contributed by atoms with Gasteiger partial charge in [0.15, 0.2) is 0 Å². The molecule has 0 saturated heterocycles. The van der Waals surface area contributed by atoms with Gasteiger partial charge in [0.1, 0.15) is 0 Å². The van der Waals surface area contributed by atoms with Crippen molar-refractivity contribution in [3.05, 3.63) is 83.7 Å². The van der Waals surface area contributed by atoms with Crippen LogP contribution in [0.2, 0.25) is 0 Å². The second-order valence-corrected chi connectivity index (χ2v) is 5.38. The van der Waals surface area contributed by atoms with E-state index in [-0.39, 0.29) is 5.90 Å². The summed E-state index contributed by atoms with van der Waals surface area (Å²) >= 11 is 0. The lowest BCUT2D eigenvalue weighted by Gasteiger charge is -2.17. The van der Waals surface area contributed by atoms with Gasteiger partial charge in [-0.15, -0.1) is 0 Å². The van der Waals surface area contributed by atoms with Gasteiger partial charge in [-0.3, -0.25) is 9.98 Å². The predicted octanol–water partition coefficient (Wildman–Crippen LogP) is 3.80. The number of aliphatic imine (C=N–C) groups is 1. The number of hydrogen-bond acceptors (Lipinski definition) is 3. The molecular weight excluding hydrogens is 284 g/mol. The molecule has 0 radical (unpaired) electrons. The molecule has 0 N–H and O–H groups in total. The highest BCUT2D eigenvalue weighted by atomic mass is 16.3. The van der Waals surface area contributed by atoms with Crippen LogP contribution in [0, 0.1) is 13.8 Å². The van der Waals surface area contributed by atoms with Gasteiger partial charge in [0.05, 0.1) is 5.69 Å². The standard InChI is InChI=1S/C20H18N2O/c1-14-12-13-17(15(2)21-14)18-10-6-7-11-19(18)20(23)22-16-8-4-3-5-9-16/h3-13H,1-2H3,(H,22,23)/p-1. The van der Waals surface area contributed by atoms with Gasteiger partial charge in [-0.1, -0.05) is 48.5 Å². The molecule has 0 aliphatic carbocycles. The van der Waals surface area contributed by atoms with Crippen molar-refractivity contribution in [1.29, 1.82) is 0 Å². The summed E-state index contributed by atoms with van der Waals surface area (Å²) in [5, 5.41) is 12.6. The molecule has 0 spiro atoms. The first-order valence-electron chi connectivity index (χ1n) is 7.50. The molecule has 0 atom stereocenters. The van der Waals surface area contributed by atoms with Crippen molar-refractivity contribution in [1.82, 2.24) is 4.98 Å². The smallest absolute Gasteiger partial charge is 0.0622 e. The summed E-state index contributed by atoms with van der Waals surface area (Å²) < 4.78 is 0. The van der Waals surface area contributed by atoms with E-state index >= 15 is 0 Å². The Morgan fingerprint density at radius 3 is 2.26 bits per heavy atom. The van der Waals surface area contributed by atoms with E-state index in [9.17, 15) is 5.11 Å². The van der Waals surface area contributed by atoms with E-state index in [1.807, 2.05) is 80.6 Å². The molecule has 3 nitrogen and oxygen atoms in total. The molecule has 0 saturated carbocycles. The minimum Gasteiger partial charge on any atom is -0.858 e. The Morgan fingerprint density at radius 1 is 0.826 bits per heavy atom. The Kier molecular flexibility index (Phi) is 4.20. The number of para-hydroxylation sites is 1. The molecule has 114 valence electrons. The lowest BCUT2D eigenvalue weighted by molar-refractivity contribution is -0.212. The molecule has 3 heteroatoms. The van der Waals surface area contributed by atoms with Crippen LogP contribution in [0.5, 0.6) is 0 Å². The lowest BCUT2D eigenvalue weighted by Crippen LogP contribution is -2.19. The van der Waals surface area contributed by atoms with Gasteiger partial charge in [-0.05, 0) is 49.1 Å². The molecule has 0 unspecified atom stereocenters. The number of pyridine rings is 1. The van der Waals surface area contributed by atoms with Crippen molar-refractivity contribution in [2.75, 3.05) is 0 Å². The van der Waals surface area contributed by atoms with Crippen molar-refractivity contribution >= 4 is 11.6 Å². The Hall–Kier alpha value is -2.94. The van der Waals surface area contributed by atoms with Crippen LogP contribution < -0.4 is 5.11 Å². The molecule has 0 aliphatic rings. The fourth-order valence-corrected chi connectivity index (χ4v) is 2.56. The number of nitrogens with zero attached hydrogens (tertiary/aromatic N) is 2. The molecule has 23 heavy (non-hydrogen) atoms. The van der Waals surface area contributed by atoms with Crippen molar-refractivity contribution in [3.8, 4) is 11.1 Å². The molecule has 0 aliphatic heterocycles. The summed E-state index contributed by atoms with van der Waals surface area (Å²) in [6.07, 6.45) is 0. The fraction of sp³-hybridized carbons (Fsp3) is 0.100. The van der Waals surface area contributed by atoms with Crippen molar-refractivity contribution in [2.24, 2.45) is 4.99 Å². The fourth-order valence-electron chi connectivity index (χ4n) is 2.56. The van der Waals surface area contributed by atoms with Crippen LogP contribution in [0.25, 0.3) is 11.1 Å². The average Bonchev–Trinajstić information content (AvgIpc) is 2.56. The van der Waals surface area contributed by atoms with Crippen molar-refractivity contribution in [2.45, 2.75) is 13.8 Å². The quantitative estimate of drug-likeness (QED) is 0.545. The molecule has 3 aromatic rings. The predicted molar refractivity (Wildman–Crippen MR) is 91.8 cm³/mol. The number of aryl methyl sites for hydroxylation is 2. The first-order chi connectivity index (χ1) is 11.1. The summed E-state index contributed by atoms with van der Waals surface area (Å²) in [4.78, 5) is 8.70. The van der Waals surface area contributed by atoms with Gasteiger partial charge in [0.2, 0.25) is 0 Å². The van der Waals surface area contributed by atoms with Gasteiger partial charge >= 0.3 is 0 Å². The van der Waals surface area contributed by atoms with E-state index in [0.29, 0.717) is 11.3 Å². The zero-order valence-electron chi connectivity index (χ0n) is 13.2. The first-order valence-corrected chi connectivity index (χ1v) is 7.50. The monoisotopic (exact) mass is 301 g/mol. The maximum absolute atomic E-state index is 12.6. The molecule has 1 heterocycles. The van der Waals surface area contributed by atoms with E-state index in [1.54, 1.807) is 0 Å². The summed E-state index contributed by atoms with van der Waals surface area (Å²) in [5.41, 5.74) is 4.94. The maximum atomic E-state index is 12.6. The molecule has 1 aromatic heterocycles. The molecular formula is C20H17N2O-. The third kappa shape index (κ3) is 3.29. The summed E-state index contributed by atoms with van der Waals surface area (Å²) in [5.74, 6) is -0.244. The van der Waals surface area contributed by atoms with E-state index in [2.05, 4.69) is 9.98 Å². The van der Waals surface area contributed by atoms with Gasteiger partial charge in [-0.25, -0.2) is 0 Å². The number of benzene rings is 2. The summed E-state index contributed by atoms with van der Waals surface area (Å²) in [6.45, 7) is 3.91. The van der Waals surface area contributed by atoms with Gasteiger partial charge in [-0.2, -0.15) is 0 Å². The summed E-state index contributed by atoms with van der Waals surface area (Å²) in [7, 11) is 0. The zero-order chi connectivity index (χ0) is 16.2. The highest BCUT2D eigenvalue weighted by Gasteiger charge is 2.08. The Labute approximate surface area is 136 Å². The van der Waals surface area contributed by atoms with Gasteiger partial charge < -0.3 is 5.11 Å². The number of hydrogen-bond donors (Lipinski definition) is 0. The SMILES string of the molecule is Cc1ccc(-c2ccccc2C([O-])=Nc2ccccc2)c(C)n1. The third-order valence-corrected chi connectivity index (χ3v) is 3.66. The van der Waals surface area contributed by atoms with Crippen molar-refractivity contribution in [3.63, 3.8) is 0 Å². The molecule has 0 fully saturated rings. The van der Waals surface area contributed by atoms with E-state index < -0.39 is 0 Å². The number of rotatable bonds is 3. The second-order valence-electron chi connectivity index (χ2n) is 5.38. The van der Waals surface area contributed by atoms with Crippen LogP contribution in [0.4, 0.5) is 5.69 Å². The highest BCUT2D eigenvalue weighted by molar-refractivity contribution is 5.99. The zero-order valence-corrected chi connectivity index (χ0v) is 13.2. The van der Waals surface area contributed by atoms with E-state index in [4.69, 9.17) is 0 Å². The van der Waals surface area contributed by atoms with E-state index in [0.717, 1.165) is 22.5 Å². The van der Waals surface area contributed by atoms with Crippen LogP contribution in [0.3, 0.4) is 0 Å². The van der Waals surface area contributed by atoms with Gasteiger partial charge in [0.25, 0.3) is 0 Å². The Balaban J connectivity index is 2.09. The number of aromatic nitrogens is 1. The van der Waals surface area contributed by atoms with Crippen LogP contribution in [0.1, 0.15) is 17.0 Å². The topological polar surface area (TPSA) is 48.3 Å². The second kappa shape index (κ2) is 6.44. The van der Waals surface area contributed by atoms with Crippen molar-refractivity contribution < 1.29 is 5.11 Å². The van der Waals surface area contributed by atoms with E-state index in [1.165, 1.54) is 0 Å². The lowest BCUT2D eigenvalue weighted by atomic mass is 9.98. The minimum atomic E-state index is -0.244. The molecule has 3 rings (SSSR count). The Bertz CT molecular complexity index is 855. The molecule has 0 bridgehead atoms. The van der Waals surface area contributed by atoms with Gasteiger partial charge in [0, 0.05) is 17.0 Å². The third-order valence-electron chi connectivity index (χ3n) is 3.66. The highest BCUT2D eigenvalue weighted by Crippen LogP contribution is 2.26. The van der Waals surface area contributed by atoms with Crippen LogP contribution >= 0.6 is 0 Å². The van der Waals surface area contributed by atoms with Crippen LogP contribution in [-0.2, 0) is 0 Å². The maximum Gasteiger partial charge on any atom is 0.0622 e. The Morgan fingerprint density at radius 2 is 1.52 bits per heavy atom. The molecule has 2 aromatic carbocycles. The first kappa shape index (κ1) is 15.0. The minimum absolute atomic E-state index is 0.244. The molecule has 0 amide bonds. The normalized spacial score (nSPS) is 11.5. The average molecular weight is 301 g/mol. The largest absolute Gasteiger partial charge is 0.858 e. The van der Waals surface area contributed by atoms with Crippen LogP contribution in [0.15, 0.2) is 71.7 Å². The summed E-state index contributed by atoms with van der Waals surface area (Å²) in [6, 6.07) is 20.8.